The lowest BCUT2D eigenvalue weighted by molar-refractivity contribution is 0.0503. The van der Waals surface area contributed by atoms with Crippen LogP contribution < -0.4 is 10.6 Å². The SMILES string of the molecule is CC(C)N1CCC(CCNC[C@H](NC(=O)OC(C)(C)C)c2ccccc2)CC1. The van der Waals surface area contributed by atoms with E-state index in [0.717, 1.165) is 18.0 Å². The number of piperidine rings is 1. The minimum Gasteiger partial charge on any atom is -0.444 e. The Morgan fingerprint density at radius 1 is 1.18 bits per heavy atom. The van der Waals surface area contributed by atoms with Gasteiger partial charge < -0.3 is 20.3 Å². The second-order valence-corrected chi connectivity index (χ2v) is 9.18. The lowest BCUT2D eigenvalue weighted by Crippen LogP contribution is -2.40. The van der Waals surface area contributed by atoms with Crippen LogP contribution in [0.5, 0.6) is 0 Å². The van der Waals surface area contributed by atoms with Crippen molar-refractivity contribution in [2.24, 2.45) is 5.92 Å². The smallest absolute Gasteiger partial charge is 0.408 e. The van der Waals surface area contributed by atoms with Gasteiger partial charge in [-0.3, -0.25) is 0 Å². The van der Waals surface area contributed by atoms with Crippen LogP contribution in [0.25, 0.3) is 0 Å². The quantitative estimate of drug-likeness (QED) is 0.649. The van der Waals surface area contributed by atoms with Crippen molar-refractivity contribution in [2.75, 3.05) is 26.2 Å². The van der Waals surface area contributed by atoms with E-state index in [-0.39, 0.29) is 12.1 Å². The molecule has 2 N–H and O–H groups in total. The van der Waals surface area contributed by atoms with E-state index in [1.807, 2.05) is 51.1 Å². The Kier molecular flexibility index (Phi) is 8.77. The number of likely N-dealkylation sites (tertiary alicyclic amines) is 1. The molecule has 158 valence electrons. The molecule has 0 spiro atoms. The van der Waals surface area contributed by atoms with Crippen LogP contribution in [-0.4, -0.2) is 48.8 Å². The van der Waals surface area contributed by atoms with E-state index in [1.165, 1.54) is 32.4 Å². The molecule has 0 unspecified atom stereocenters. The molecule has 0 saturated carbocycles. The van der Waals surface area contributed by atoms with Gasteiger partial charge in [0.25, 0.3) is 0 Å². The zero-order valence-corrected chi connectivity index (χ0v) is 18.3. The fraction of sp³-hybridized carbons (Fsp3) is 0.696. The van der Waals surface area contributed by atoms with Gasteiger partial charge in [0.05, 0.1) is 6.04 Å². The maximum absolute atomic E-state index is 12.2. The van der Waals surface area contributed by atoms with Crippen molar-refractivity contribution in [3.05, 3.63) is 35.9 Å². The lowest BCUT2D eigenvalue weighted by atomic mass is 9.93. The molecule has 28 heavy (non-hydrogen) atoms. The molecule has 1 saturated heterocycles. The fourth-order valence-corrected chi connectivity index (χ4v) is 3.70. The first-order valence-electron chi connectivity index (χ1n) is 10.7. The first kappa shape index (κ1) is 22.7. The Labute approximate surface area is 171 Å². The van der Waals surface area contributed by atoms with Crippen molar-refractivity contribution in [3.63, 3.8) is 0 Å². The predicted octanol–water partition coefficient (Wildman–Crippen LogP) is 4.35. The van der Waals surface area contributed by atoms with Gasteiger partial charge in [-0.1, -0.05) is 30.3 Å². The standard InChI is InChI=1S/C23H39N3O2/c1-18(2)26-15-12-19(13-16-26)11-14-24-17-21(20-9-7-6-8-10-20)25-22(27)28-23(3,4)5/h6-10,18-19,21,24H,11-17H2,1-5H3,(H,25,27)/t21-/m0/s1. The summed E-state index contributed by atoms with van der Waals surface area (Å²) in [5, 5.41) is 6.57. The van der Waals surface area contributed by atoms with Crippen molar-refractivity contribution in [1.82, 2.24) is 15.5 Å². The average Bonchev–Trinajstić information content (AvgIpc) is 2.64. The van der Waals surface area contributed by atoms with E-state index in [0.29, 0.717) is 12.6 Å². The highest BCUT2D eigenvalue weighted by Gasteiger charge is 2.22. The highest BCUT2D eigenvalue weighted by Crippen LogP contribution is 2.21. The van der Waals surface area contributed by atoms with Crippen molar-refractivity contribution in [2.45, 2.75) is 71.6 Å². The Bertz CT molecular complexity index is 575. The summed E-state index contributed by atoms with van der Waals surface area (Å²) in [5.41, 5.74) is 0.593. The van der Waals surface area contributed by atoms with Crippen molar-refractivity contribution in [3.8, 4) is 0 Å². The first-order valence-corrected chi connectivity index (χ1v) is 10.7. The summed E-state index contributed by atoms with van der Waals surface area (Å²) in [6.07, 6.45) is 3.40. The van der Waals surface area contributed by atoms with Gasteiger partial charge in [0.2, 0.25) is 0 Å². The number of carbonyl (C=O) groups is 1. The molecule has 0 aliphatic carbocycles. The molecule has 1 aliphatic heterocycles. The monoisotopic (exact) mass is 389 g/mol. The van der Waals surface area contributed by atoms with E-state index in [9.17, 15) is 4.79 Å². The van der Waals surface area contributed by atoms with Crippen LogP contribution in [0.1, 0.15) is 65.5 Å². The minimum atomic E-state index is -0.496. The van der Waals surface area contributed by atoms with Gasteiger partial charge in [-0.15, -0.1) is 0 Å². The fourth-order valence-electron chi connectivity index (χ4n) is 3.70. The topological polar surface area (TPSA) is 53.6 Å². The maximum Gasteiger partial charge on any atom is 0.408 e. The molecule has 1 heterocycles. The number of hydrogen-bond acceptors (Lipinski definition) is 4. The zero-order valence-electron chi connectivity index (χ0n) is 18.3. The summed E-state index contributed by atoms with van der Waals surface area (Å²) in [6, 6.07) is 10.6. The van der Waals surface area contributed by atoms with Gasteiger partial charge in [-0.05, 0) is 85.0 Å². The van der Waals surface area contributed by atoms with Crippen molar-refractivity contribution in [1.29, 1.82) is 0 Å². The van der Waals surface area contributed by atoms with Crippen LogP contribution in [0.15, 0.2) is 30.3 Å². The predicted molar refractivity (Wildman–Crippen MR) is 115 cm³/mol. The molecule has 1 amide bonds. The molecule has 5 heteroatoms. The van der Waals surface area contributed by atoms with Crippen molar-refractivity contribution >= 4 is 6.09 Å². The van der Waals surface area contributed by atoms with E-state index in [4.69, 9.17) is 4.74 Å². The molecular weight excluding hydrogens is 350 g/mol. The Morgan fingerprint density at radius 3 is 2.39 bits per heavy atom. The van der Waals surface area contributed by atoms with Gasteiger partial charge in [0.15, 0.2) is 0 Å². The second kappa shape index (κ2) is 10.8. The number of carbonyl (C=O) groups excluding carboxylic acids is 1. The highest BCUT2D eigenvalue weighted by molar-refractivity contribution is 5.68. The third kappa shape index (κ3) is 8.19. The van der Waals surface area contributed by atoms with E-state index in [2.05, 4.69) is 29.4 Å². The number of ether oxygens (including phenoxy) is 1. The molecule has 1 aliphatic rings. The molecule has 0 aromatic heterocycles. The number of nitrogens with one attached hydrogen (secondary N) is 2. The van der Waals surface area contributed by atoms with Gasteiger partial charge in [-0.2, -0.15) is 0 Å². The second-order valence-electron chi connectivity index (χ2n) is 9.18. The summed E-state index contributed by atoms with van der Waals surface area (Å²) in [5.74, 6) is 0.802. The van der Waals surface area contributed by atoms with E-state index >= 15 is 0 Å². The number of benzene rings is 1. The molecule has 2 rings (SSSR count). The van der Waals surface area contributed by atoms with Crippen LogP contribution in [0.4, 0.5) is 4.79 Å². The number of rotatable bonds is 8. The van der Waals surface area contributed by atoms with Crippen LogP contribution in [-0.2, 0) is 4.74 Å². The Hall–Kier alpha value is -1.59. The lowest BCUT2D eigenvalue weighted by Gasteiger charge is -2.34. The average molecular weight is 390 g/mol. The molecule has 1 atom stereocenters. The molecule has 0 bridgehead atoms. The van der Waals surface area contributed by atoms with Crippen molar-refractivity contribution < 1.29 is 9.53 Å². The van der Waals surface area contributed by atoms with Crippen LogP contribution in [0.3, 0.4) is 0 Å². The maximum atomic E-state index is 12.2. The summed E-state index contributed by atoms with van der Waals surface area (Å²) >= 11 is 0. The normalized spacial score (nSPS) is 17.5. The Balaban J connectivity index is 1.79. The molecule has 1 fully saturated rings. The summed E-state index contributed by atoms with van der Waals surface area (Å²) in [7, 11) is 0. The first-order chi connectivity index (χ1) is 13.2. The Morgan fingerprint density at radius 2 is 1.82 bits per heavy atom. The largest absolute Gasteiger partial charge is 0.444 e. The summed E-state index contributed by atoms with van der Waals surface area (Å²) in [6.45, 7) is 14.3. The number of nitrogens with zero attached hydrogens (tertiary/aromatic N) is 1. The molecular formula is C23H39N3O2. The minimum absolute atomic E-state index is 0.0983. The number of hydrogen-bond donors (Lipinski definition) is 2. The van der Waals surface area contributed by atoms with E-state index in [1.54, 1.807) is 0 Å². The van der Waals surface area contributed by atoms with Gasteiger partial charge in [0.1, 0.15) is 5.60 Å². The molecule has 1 aromatic rings. The van der Waals surface area contributed by atoms with Gasteiger partial charge in [-0.25, -0.2) is 4.79 Å². The number of alkyl carbamates (subject to hydrolysis) is 1. The molecule has 0 radical (unpaired) electrons. The van der Waals surface area contributed by atoms with Crippen LogP contribution in [0, 0.1) is 5.92 Å². The number of amides is 1. The van der Waals surface area contributed by atoms with Gasteiger partial charge >= 0.3 is 6.09 Å². The summed E-state index contributed by atoms with van der Waals surface area (Å²) < 4.78 is 5.44. The zero-order chi connectivity index (χ0) is 20.6. The summed E-state index contributed by atoms with van der Waals surface area (Å²) in [4.78, 5) is 14.8. The third-order valence-corrected chi connectivity index (χ3v) is 5.35. The van der Waals surface area contributed by atoms with E-state index < -0.39 is 5.60 Å². The highest BCUT2D eigenvalue weighted by atomic mass is 16.6. The van der Waals surface area contributed by atoms with Gasteiger partial charge in [0, 0.05) is 12.6 Å². The third-order valence-electron chi connectivity index (χ3n) is 5.35. The molecule has 1 aromatic carbocycles. The molecule has 5 nitrogen and oxygen atoms in total. The van der Waals surface area contributed by atoms with Crippen LogP contribution >= 0.6 is 0 Å². The van der Waals surface area contributed by atoms with Crippen LogP contribution in [0.2, 0.25) is 0 Å².